The van der Waals surface area contributed by atoms with Gasteiger partial charge in [0.15, 0.2) is 22.1 Å². The van der Waals surface area contributed by atoms with E-state index in [2.05, 4.69) is 48.9 Å². The number of nitrogens with zero attached hydrogens (tertiary/aromatic N) is 4. The Kier molecular flexibility index (Phi) is 6.14. The molecule has 1 aliphatic rings. The van der Waals surface area contributed by atoms with Gasteiger partial charge in [0, 0.05) is 27.5 Å². The molecule has 0 bridgehead atoms. The molecule has 1 aromatic carbocycles. The van der Waals surface area contributed by atoms with Gasteiger partial charge in [0.25, 0.3) is 0 Å². The number of nitrogen functional groups attached to an aromatic ring is 1. The summed E-state index contributed by atoms with van der Waals surface area (Å²) in [7, 11) is 0. The molecular formula is C20H22FIN6OS. The number of nitrogens with one attached hydrogen (secondary N) is 1. The van der Waals surface area contributed by atoms with Gasteiger partial charge in [-0.2, -0.15) is 0 Å². The van der Waals surface area contributed by atoms with Gasteiger partial charge in [-0.1, -0.05) is 11.8 Å². The SMILES string of the molecule is CC(C)NC(=O)CCn1c(Sc2cc3c(cc2I)CCC3F)nc2c(N)ncnc21. The second-order valence-corrected chi connectivity index (χ2v) is 9.71. The van der Waals surface area contributed by atoms with Crippen molar-refractivity contribution in [2.45, 2.75) is 61.9 Å². The summed E-state index contributed by atoms with van der Waals surface area (Å²) in [5.41, 5.74) is 8.93. The van der Waals surface area contributed by atoms with Crippen LogP contribution in [0.25, 0.3) is 11.2 Å². The predicted octanol–water partition coefficient (Wildman–Crippen LogP) is 4.04. The molecule has 1 unspecified atom stereocenters. The fourth-order valence-corrected chi connectivity index (χ4v) is 5.38. The average Bonchev–Trinajstić information content (AvgIpc) is 3.21. The second-order valence-electron chi connectivity index (χ2n) is 7.54. The van der Waals surface area contributed by atoms with E-state index in [-0.39, 0.29) is 18.4 Å². The summed E-state index contributed by atoms with van der Waals surface area (Å²) >= 11 is 3.70. The van der Waals surface area contributed by atoms with Gasteiger partial charge in [-0.3, -0.25) is 4.79 Å². The Morgan fingerprint density at radius 1 is 1.43 bits per heavy atom. The molecule has 10 heteroatoms. The third kappa shape index (κ3) is 4.25. The van der Waals surface area contributed by atoms with Gasteiger partial charge in [0.1, 0.15) is 12.5 Å². The van der Waals surface area contributed by atoms with Crippen molar-refractivity contribution in [3.8, 4) is 0 Å². The Morgan fingerprint density at radius 2 is 2.23 bits per heavy atom. The first kappa shape index (κ1) is 21.3. The second kappa shape index (κ2) is 8.66. The number of anilines is 1. The van der Waals surface area contributed by atoms with Crippen LogP contribution in [0.3, 0.4) is 0 Å². The van der Waals surface area contributed by atoms with Crippen molar-refractivity contribution in [2.24, 2.45) is 0 Å². The molecule has 0 fully saturated rings. The van der Waals surface area contributed by atoms with Crippen molar-refractivity contribution >= 4 is 57.2 Å². The van der Waals surface area contributed by atoms with Gasteiger partial charge in [-0.15, -0.1) is 0 Å². The maximum Gasteiger partial charge on any atom is 0.221 e. The summed E-state index contributed by atoms with van der Waals surface area (Å²) in [6.07, 6.45) is 2.07. The topological polar surface area (TPSA) is 98.7 Å². The summed E-state index contributed by atoms with van der Waals surface area (Å²) in [6.45, 7) is 4.25. The van der Waals surface area contributed by atoms with E-state index in [0.29, 0.717) is 35.1 Å². The summed E-state index contributed by atoms with van der Waals surface area (Å²) in [5.74, 6) is 0.247. The van der Waals surface area contributed by atoms with E-state index in [4.69, 9.17) is 5.73 Å². The maximum absolute atomic E-state index is 14.3. The molecule has 0 saturated carbocycles. The Morgan fingerprint density at radius 3 is 3.00 bits per heavy atom. The number of carbonyl (C=O) groups is 1. The van der Waals surface area contributed by atoms with Gasteiger partial charge in [-0.25, -0.2) is 19.3 Å². The van der Waals surface area contributed by atoms with Crippen molar-refractivity contribution in [1.82, 2.24) is 24.8 Å². The number of fused-ring (bicyclic) bond motifs is 2. The third-order valence-corrected chi connectivity index (χ3v) is 7.25. The first-order valence-corrected chi connectivity index (χ1v) is 11.6. The minimum atomic E-state index is -0.920. The van der Waals surface area contributed by atoms with Gasteiger partial charge >= 0.3 is 0 Å². The lowest BCUT2D eigenvalue weighted by Crippen LogP contribution is -2.30. The Hall–Kier alpha value is -1.95. The van der Waals surface area contributed by atoms with Crippen LogP contribution < -0.4 is 11.1 Å². The molecule has 3 N–H and O–H groups in total. The van der Waals surface area contributed by atoms with Crippen LogP contribution in [0.1, 0.15) is 44.0 Å². The highest BCUT2D eigenvalue weighted by Crippen LogP contribution is 2.41. The van der Waals surface area contributed by atoms with Crippen molar-refractivity contribution in [3.63, 3.8) is 0 Å². The van der Waals surface area contributed by atoms with E-state index in [0.717, 1.165) is 26.0 Å². The molecule has 0 spiro atoms. The molecule has 4 rings (SSSR count). The monoisotopic (exact) mass is 540 g/mol. The number of hydrogen-bond acceptors (Lipinski definition) is 6. The van der Waals surface area contributed by atoms with E-state index < -0.39 is 6.17 Å². The molecule has 0 aliphatic heterocycles. The number of aryl methyl sites for hydroxylation is 2. The van der Waals surface area contributed by atoms with E-state index in [1.165, 1.54) is 18.1 Å². The minimum Gasteiger partial charge on any atom is -0.382 e. The summed E-state index contributed by atoms with van der Waals surface area (Å²) in [5, 5.41) is 3.55. The molecule has 1 amide bonds. The van der Waals surface area contributed by atoms with E-state index in [1.54, 1.807) is 0 Å². The molecule has 2 heterocycles. The van der Waals surface area contributed by atoms with Crippen LogP contribution in [0.4, 0.5) is 10.2 Å². The number of benzene rings is 1. The molecule has 1 aliphatic carbocycles. The normalized spacial score (nSPS) is 15.7. The largest absolute Gasteiger partial charge is 0.382 e. The summed E-state index contributed by atoms with van der Waals surface area (Å²) < 4.78 is 17.2. The van der Waals surface area contributed by atoms with Crippen LogP contribution in [0.15, 0.2) is 28.5 Å². The number of alkyl halides is 1. The fraction of sp³-hybridized carbons (Fsp3) is 0.400. The van der Waals surface area contributed by atoms with Crippen LogP contribution in [0.5, 0.6) is 0 Å². The minimum absolute atomic E-state index is 0.0442. The number of aromatic nitrogens is 4. The Labute approximate surface area is 191 Å². The first-order chi connectivity index (χ1) is 14.3. The highest BCUT2D eigenvalue weighted by Gasteiger charge is 2.25. The number of carbonyl (C=O) groups excluding carboxylic acids is 1. The molecule has 158 valence electrons. The zero-order valence-corrected chi connectivity index (χ0v) is 19.6. The van der Waals surface area contributed by atoms with Gasteiger partial charge in [0.2, 0.25) is 5.91 Å². The Balaban J connectivity index is 1.69. The lowest BCUT2D eigenvalue weighted by Gasteiger charge is -2.12. The highest BCUT2D eigenvalue weighted by molar-refractivity contribution is 14.1. The number of rotatable bonds is 6. The maximum atomic E-state index is 14.3. The zero-order chi connectivity index (χ0) is 21.4. The Bertz CT molecular complexity index is 1120. The number of hydrogen-bond donors (Lipinski definition) is 2. The predicted molar refractivity (Wildman–Crippen MR) is 123 cm³/mol. The van der Waals surface area contributed by atoms with Crippen molar-refractivity contribution < 1.29 is 9.18 Å². The zero-order valence-electron chi connectivity index (χ0n) is 16.7. The van der Waals surface area contributed by atoms with Gasteiger partial charge in [-0.05, 0) is 72.5 Å². The number of imidazole rings is 1. The molecule has 3 aromatic rings. The lowest BCUT2D eigenvalue weighted by molar-refractivity contribution is -0.121. The van der Waals surface area contributed by atoms with Crippen LogP contribution in [-0.4, -0.2) is 31.5 Å². The molecule has 30 heavy (non-hydrogen) atoms. The number of amides is 1. The number of nitrogens with two attached hydrogens (primary N) is 1. The number of halogens is 2. The summed E-state index contributed by atoms with van der Waals surface area (Å²) in [6, 6.07) is 4.05. The molecule has 0 saturated heterocycles. The van der Waals surface area contributed by atoms with Gasteiger partial charge in [0.05, 0.1) is 0 Å². The van der Waals surface area contributed by atoms with Crippen LogP contribution in [-0.2, 0) is 17.8 Å². The molecule has 0 radical (unpaired) electrons. The van der Waals surface area contributed by atoms with Crippen LogP contribution in [0.2, 0.25) is 0 Å². The van der Waals surface area contributed by atoms with Crippen LogP contribution >= 0.6 is 34.4 Å². The molecular weight excluding hydrogens is 518 g/mol. The van der Waals surface area contributed by atoms with Crippen molar-refractivity contribution in [1.29, 1.82) is 0 Å². The highest BCUT2D eigenvalue weighted by atomic mass is 127. The molecule has 2 aromatic heterocycles. The van der Waals surface area contributed by atoms with E-state index >= 15 is 0 Å². The lowest BCUT2D eigenvalue weighted by atomic mass is 10.1. The fourth-order valence-electron chi connectivity index (χ4n) is 3.55. The van der Waals surface area contributed by atoms with Crippen LogP contribution in [0, 0.1) is 3.57 Å². The molecule has 1 atom stereocenters. The van der Waals surface area contributed by atoms with Gasteiger partial charge < -0.3 is 15.6 Å². The molecule has 7 nitrogen and oxygen atoms in total. The van der Waals surface area contributed by atoms with E-state index in [1.807, 2.05) is 24.5 Å². The first-order valence-electron chi connectivity index (χ1n) is 9.73. The third-order valence-electron chi connectivity index (χ3n) is 4.94. The van der Waals surface area contributed by atoms with Crippen molar-refractivity contribution in [3.05, 3.63) is 33.2 Å². The average molecular weight is 540 g/mol. The quantitative estimate of drug-likeness (QED) is 0.459. The van der Waals surface area contributed by atoms with Crippen molar-refractivity contribution in [2.75, 3.05) is 5.73 Å². The van der Waals surface area contributed by atoms with E-state index in [9.17, 15) is 9.18 Å². The smallest absolute Gasteiger partial charge is 0.221 e. The standard InChI is InChI=1S/C20H22FIN6OS/c1-10(2)26-16(29)5-6-28-19-17(18(23)24-9-25-19)27-20(28)30-15-8-12-11(7-14(15)22)3-4-13(12)21/h7-10,13H,3-6H2,1-2H3,(H,26,29)(H2,23,24,25). The summed E-state index contributed by atoms with van der Waals surface area (Å²) in [4.78, 5) is 26.1.